The molecule has 0 saturated carbocycles. The van der Waals surface area contributed by atoms with Crippen LogP contribution in [0.3, 0.4) is 0 Å². The smallest absolute Gasteiger partial charge is 0.412 e. The Morgan fingerprint density at radius 1 is 0.550 bits per heavy atom. The average molecular weight is 1460 g/mol. The van der Waals surface area contributed by atoms with Crippen molar-refractivity contribution < 1.29 is 65.6 Å². The van der Waals surface area contributed by atoms with Gasteiger partial charge in [0.25, 0.3) is 11.8 Å². The van der Waals surface area contributed by atoms with Gasteiger partial charge in [0.1, 0.15) is 0 Å². The number of likely N-dealkylation sites (N-methyl/N-ethyl adjacent to an activating group) is 3. The summed E-state index contributed by atoms with van der Waals surface area (Å²) in [7, 11) is 6.15. The third-order valence-electron chi connectivity index (χ3n) is 18.1. The number of benzene rings is 4. The second kappa shape index (κ2) is 37.3. The highest BCUT2D eigenvalue weighted by molar-refractivity contribution is 6.61. The number of rotatable bonds is 11. The van der Waals surface area contributed by atoms with E-state index in [4.69, 9.17) is 32.7 Å². The second-order valence-corrected chi connectivity index (χ2v) is 24.8. The van der Waals surface area contributed by atoms with E-state index in [0.717, 1.165) is 70.2 Å². The van der Waals surface area contributed by atoms with E-state index >= 15 is 8.78 Å². The van der Waals surface area contributed by atoms with E-state index in [1.165, 1.54) is 46.7 Å². The zero-order valence-corrected chi connectivity index (χ0v) is 56.5. The van der Waals surface area contributed by atoms with Gasteiger partial charge in [-0.2, -0.15) is 10.2 Å². The van der Waals surface area contributed by atoms with Crippen molar-refractivity contribution in [2.24, 2.45) is 0 Å². The van der Waals surface area contributed by atoms with E-state index in [1.807, 2.05) is 62.6 Å². The summed E-state index contributed by atoms with van der Waals surface area (Å²) in [4.78, 5) is 98.2. The van der Waals surface area contributed by atoms with Gasteiger partial charge >= 0.3 is 17.6 Å². The number of aromatic nitrogens is 4. The number of aromatic hydroxyl groups is 1. The number of alkyl halides is 2. The van der Waals surface area contributed by atoms with Crippen LogP contribution in [0.15, 0.2) is 119 Å². The van der Waals surface area contributed by atoms with Gasteiger partial charge in [-0.15, -0.1) is 0 Å². The molecule has 31 heteroatoms. The predicted octanol–water partition coefficient (Wildman–Crippen LogP) is 9.37. The van der Waals surface area contributed by atoms with E-state index in [0.29, 0.717) is 69.7 Å². The first-order valence-electron chi connectivity index (χ1n) is 31.9. The molecule has 7 aliphatic rings. The molecule has 0 bridgehead atoms. The highest BCUT2D eigenvalue weighted by Crippen LogP contribution is 2.48. The van der Waals surface area contributed by atoms with Crippen molar-refractivity contribution in [3.63, 3.8) is 0 Å². The first-order valence-corrected chi connectivity index (χ1v) is 33.4. The van der Waals surface area contributed by atoms with Crippen LogP contribution in [0.25, 0.3) is 0 Å². The minimum absolute atomic E-state index is 0. The van der Waals surface area contributed by atoms with Crippen molar-refractivity contribution in [1.29, 1.82) is 0 Å². The van der Waals surface area contributed by atoms with Crippen molar-refractivity contribution in [2.45, 2.75) is 76.5 Å². The van der Waals surface area contributed by atoms with Crippen LogP contribution in [-0.2, 0) is 14.2 Å². The summed E-state index contributed by atoms with van der Waals surface area (Å²) in [6.45, 7) is 10.7. The lowest BCUT2D eigenvalue weighted by atomic mass is 9.79. The molecular formula is C69H85Cl3F4N12O12. The maximum atomic E-state index is 15.4. The molecule has 7 aliphatic heterocycles. The largest absolute Gasteiger partial charge is 0.502 e. The van der Waals surface area contributed by atoms with Gasteiger partial charge in [0.2, 0.25) is 23.4 Å². The van der Waals surface area contributed by atoms with E-state index in [9.17, 15) is 47.4 Å². The van der Waals surface area contributed by atoms with Crippen molar-refractivity contribution in [3.8, 4) is 11.5 Å². The van der Waals surface area contributed by atoms with Gasteiger partial charge in [-0.3, -0.25) is 28.5 Å². The molecule has 5 saturated heterocycles. The molecule has 2 N–H and O–H groups in total. The van der Waals surface area contributed by atoms with Gasteiger partial charge in [0.15, 0.2) is 52.5 Å². The number of nitrogens with one attached hydrogen (secondary N) is 1. The normalized spacial score (nSPS) is 19.9. The Bertz CT molecular complexity index is 3850. The van der Waals surface area contributed by atoms with Crippen LogP contribution in [0.4, 0.5) is 31.9 Å². The second-order valence-electron chi connectivity index (χ2n) is 24.1. The van der Waals surface area contributed by atoms with Crippen molar-refractivity contribution in [1.82, 2.24) is 59.2 Å². The van der Waals surface area contributed by atoms with E-state index in [2.05, 4.69) is 58.3 Å². The molecule has 4 aromatic carbocycles. The number of ether oxygens (including phenoxy) is 4. The molecule has 4 amide bonds. The van der Waals surface area contributed by atoms with Crippen LogP contribution in [0.5, 0.6) is 11.5 Å². The number of hydrogen-bond donors (Lipinski definition) is 2. The summed E-state index contributed by atoms with van der Waals surface area (Å²) in [6, 6.07) is 23.9. The molecule has 2 aromatic heterocycles. The molecule has 5 fully saturated rings. The number of hydrogen-bond acceptors (Lipinski definition) is 18. The fraction of sp³-hybridized carbons (Fsp3) is 0.464. The highest BCUT2D eigenvalue weighted by atomic mass is 35.5. The molecule has 6 aromatic rings. The van der Waals surface area contributed by atoms with Crippen molar-refractivity contribution in [2.75, 3.05) is 132 Å². The zero-order chi connectivity index (χ0) is 70.2. The summed E-state index contributed by atoms with van der Waals surface area (Å²) in [6.07, 6.45) is 3.77. The van der Waals surface area contributed by atoms with Crippen LogP contribution in [0.1, 0.15) is 108 Å². The maximum Gasteiger partial charge on any atom is 0.412 e. The minimum Gasteiger partial charge on any atom is -0.502 e. The summed E-state index contributed by atoms with van der Waals surface area (Å²) in [5.74, 6) is -7.27. The van der Waals surface area contributed by atoms with Crippen molar-refractivity contribution >= 4 is 64.2 Å². The molecular weight excluding hydrogens is 1370 g/mol. The Balaban J connectivity index is 0.000000210. The Labute approximate surface area is 592 Å². The minimum atomic E-state index is -0.984. The zero-order valence-electron chi connectivity index (χ0n) is 54.2. The van der Waals surface area contributed by atoms with Crippen LogP contribution < -0.4 is 20.9 Å². The van der Waals surface area contributed by atoms with Crippen LogP contribution in [0, 0.1) is 23.3 Å². The third kappa shape index (κ3) is 18.8. The summed E-state index contributed by atoms with van der Waals surface area (Å²) >= 11 is 14.8. The molecule has 0 spiro atoms. The molecule has 13 rings (SSSR count). The molecule has 100 heavy (non-hydrogen) atoms. The van der Waals surface area contributed by atoms with Gasteiger partial charge in [-0.05, 0) is 70.1 Å². The lowest BCUT2D eigenvalue weighted by Gasteiger charge is -2.42. The van der Waals surface area contributed by atoms with E-state index < -0.39 is 100.0 Å². The van der Waals surface area contributed by atoms with E-state index in [1.54, 1.807) is 31.7 Å². The average Bonchev–Trinajstić information content (AvgIpc) is 1.10. The Hall–Kier alpha value is -8.38. The van der Waals surface area contributed by atoms with Gasteiger partial charge in [-0.25, -0.2) is 31.9 Å². The maximum absolute atomic E-state index is 15.4. The topological polar surface area (TPSA) is 247 Å². The molecule has 0 aliphatic carbocycles. The van der Waals surface area contributed by atoms with Gasteiger partial charge in [0, 0.05) is 126 Å². The van der Waals surface area contributed by atoms with Crippen LogP contribution in [0.2, 0.25) is 0 Å². The summed E-state index contributed by atoms with van der Waals surface area (Å²) in [5.41, 5.74) is -0.963. The summed E-state index contributed by atoms with van der Waals surface area (Å²) < 4.78 is 81.6. The standard InChI is InChI=1S/C30H31F2N5O5.C23H19F2N3O3.C7H13ClN2O2.C5H12N2.C2H2Cl2O2.2CH4/c1-34-13-15-35(16-14-34)30(40)42-18-41-28-23(38)17-33-37-26(22-11-6-12-36(22)29(39)27(28)37)24(19-7-3-2-4-8-19)20-9-5-10-21(31)25(20)32;24-15-9-4-8-14(19(15)25)18(13-6-2-1-3-7-13)20-16-10-5-11-27(16)23(31)21-22(30)17(29)12-26-28(20)21;1-9-2-4-10(5-3-9)7(11)12-6-8;1-7-4-2-6-3-5-7;3-1-6-2(4)5;;/h2-5,7-10,17,22,24,26H,6,11-16,18H2,1H3;1-4,6-9,12,16,18,20,30H,5,10-11H2;2-6H2,1H3;6H,2-5H2,1H3;1H2;2*1H4/t22-,24-,26-;16-,18-,20-;;;;;/m11...../s1. The van der Waals surface area contributed by atoms with Crippen LogP contribution >= 0.6 is 34.8 Å². The molecule has 6 atom stereocenters. The molecule has 0 unspecified atom stereocenters. The number of nitrogens with zero attached hydrogens (tertiary/aromatic N) is 11. The number of halogens is 7. The van der Waals surface area contributed by atoms with Gasteiger partial charge in [0.05, 0.1) is 36.6 Å². The van der Waals surface area contributed by atoms with E-state index in [-0.39, 0.29) is 67.4 Å². The first-order chi connectivity index (χ1) is 47.2. The fourth-order valence-corrected chi connectivity index (χ4v) is 13.5. The molecule has 0 radical (unpaired) electrons. The highest BCUT2D eigenvalue weighted by Gasteiger charge is 2.51. The van der Waals surface area contributed by atoms with Gasteiger partial charge in [-0.1, -0.05) is 123 Å². The molecule has 9 heterocycles. The third-order valence-corrected chi connectivity index (χ3v) is 18.4. The number of fused-ring (bicyclic) bond motifs is 4. The number of carbonyl (C=O) groups excluding carboxylic acids is 5. The monoisotopic (exact) mass is 1450 g/mol. The van der Waals surface area contributed by atoms with Crippen molar-refractivity contribution in [3.05, 3.63) is 187 Å². The number of amides is 4. The first kappa shape index (κ1) is 79.0. The molecule has 24 nitrogen and oxygen atoms in total. The molecule has 542 valence electrons. The number of carbonyl (C=O) groups is 5. The quantitative estimate of drug-likeness (QED) is 0.0403. The van der Waals surface area contributed by atoms with Gasteiger partial charge < -0.3 is 63.7 Å². The Kier molecular flexibility index (Phi) is 29.5. The Morgan fingerprint density at radius 3 is 1.39 bits per heavy atom. The fourth-order valence-electron chi connectivity index (χ4n) is 13.1. The SMILES string of the molecule is C.C.CN1CCN(C(=O)OCCl)CC1.CN1CCN(C(=O)OCOc2c3n(ncc2=O)[C@@H]([C@H](c2ccccc2)c2cccc(F)c2F)[C@H]2CCCN2C3=O)CC1.CN1CCNCC1.O=C(Cl)OCCl.O=C1c2c(O)c(=O)cnn2[C@@H]([C@H](c2ccccc2)c2cccc(F)c2F)[C@H]2CCCN12. The summed E-state index contributed by atoms with van der Waals surface area (Å²) in [5, 5.41) is 22.2. The van der Waals surface area contributed by atoms with Crippen LogP contribution in [-0.4, -0.2) is 232 Å². The number of piperazine rings is 3. The lowest BCUT2D eigenvalue weighted by Crippen LogP contribution is -2.51. The predicted molar refractivity (Wildman–Crippen MR) is 368 cm³/mol. The Morgan fingerprint density at radius 2 is 0.970 bits per heavy atom. The lowest BCUT2D eigenvalue weighted by molar-refractivity contribution is 0.0234.